The van der Waals surface area contributed by atoms with Crippen molar-refractivity contribution in [1.82, 2.24) is 4.98 Å². The Balaban J connectivity index is 1.99. The van der Waals surface area contributed by atoms with Crippen molar-refractivity contribution in [1.29, 1.82) is 0 Å². The molecule has 0 saturated heterocycles. The predicted octanol–water partition coefficient (Wildman–Crippen LogP) is 4.61. The fourth-order valence-corrected chi connectivity index (χ4v) is 1.89. The summed E-state index contributed by atoms with van der Waals surface area (Å²) in [6.45, 7) is 2.22. The zero-order valence-electron chi connectivity index (χ0n) is 10.8. The third kappa shape index (κ3) is 3.88. The van der Waals surface area contributed by atoms with Crippen LogP contribution in [0.4, 0.5) is 0 Å². The van der Waals surface area contributed by atoms with Gasteiger partial charge in [-0.15, -0.1) is 0 Å². The molecule has 94 valence electrons. The van der Waals surface area contributed by atoms with Crippen LogP contribution in [0.25, 0.3) is 0 Å². The van der Waals surface area contributed by atoms with Crippen molar-refractivity contribution >= 4 is 0 Å². The summed E-state index contributed by atoms with van der Waals surface area (Å²) in [4.78, 5) is 4.04. The van der Waals surface area contributed by atoms with E-state index in [-0.39, 0.29) is 0 Å². The lowest BCUT2D eigenvalue weighted by atomic mass is 10.1. The number of ether oxygens (including phenoxy) is 1. The summed E-state index contributed by atoms with van der Waals surface area (Å²) in [5.74, 6) is 1.67. The van der Waals surface area contributed by atoms with Crippen LogP contribution >= 0.6 is 0 Å². The third-order valence-corrected chi connectivity index (χ3v) is 2.84. The van der Waals surface area contributed by atoms with Crippen LogP contribution in [0, 0.1) is 0 Å². The van der Waals surface area contributed by atoms with Gasteiger partial charge in [-0.1, -0.05) is 31.9 Å². The Morgan fingerprint density at radius 1 is 1.06 bits per heavy atom. The molecule has 2 nitrogen and oxygen atoms in total. The molecule has 1 aromatic heterocycles. The number of pyridine rings is 1. The molecule has 0 aliphatic carbocycles. The largest absolute Gasteiger partial charge is 0.456 e. The first-order valence-electron chi connectivity index (χ1n) is 6.55. The zero-order valence-corrected chi connectivity index (χ0v) is 10.8. The van der Waals surface area contributed by atoms with Crippen molar-refractivity contribution in [2.45, 2.75) is 32.6 Å². The van der Waals surface area contributed by atoms with Gasteiger partial charge in [0.2, 0.25) is 0 Å². The minimum Gasteiger partial charge on any atom is -0.456 e. The average molecular weight is 241 g/mol. The van der Waals surface area contributed by atoms with Crippen molar-refractivity contribution in [2.24, 2.45) is 0 Å². The SMILES string of the molecule is CCCCCc1cccc(Oc2cccnc2)c1. The Hall–Kier alpha value is -1.83. The summed E-state index contributed by atoms with van der Waals surface area (Å²) in [5.41, 5.74) is 1.34. The highest BCUT2D eigenvalue weighted by molar-refractivity contribution is 5.32. The van der Waals surface area contributed by atoms with Gasteiger partial charge in [0.25, 0.3) is 0 Å². The van der Waals surface area contributed by atoms with E-state index in [0.29, 0.717) is 0 Å². The second-order valence-corrected chi connectivity index (χ2v) is 4.40. The fourth-order valence-electron chi connectivity index (χ4n) is 1.89. The first kappa shape index (κ1) is 12.6. The number of rotatable bonds is 6. The normalized spacial score (nSPS) is 10.3. The molecule has 1 aromatic carbocycles. The summed E-state index contributed by atoms with van der Waals surface area (Å²) in [6.07, 6.45) is 8.38. The molecule has 0 amide bonds. The highest BCUT2D eigenvalue weighted by atomic mass is 16.5. The average Bonchev–Trinajstić information content (AvgIpc) is 2.41. The third-order valence-electron chi connectivity index (χ3n) is 2.84. The summed E-state index contributed by atoms with van der Waals surface area (Å²) >= 11 is 0. The number of hydrogen-bond donors (Lipinski definition) is 0. The van der Waals surface area contributed by atoms with Gasteiger partial charge in [0, 0.05) is 6.20 Å². The maximum atomic E-state index is 5.76. The Bertz CT molecular complexity index is 468. The van der Waals surface area contributed by atoms with Gasteiger partial charge in [0.1, 0.15) is 11.5 Å². The number of hydrogen-bond acceptors (Lipinski definition) is 2. The monoisotopic (exact) mass is 241 g/mol. The summed E-state index contributed by atoms with van der Waals surface area (Å²) in [5, 5.41) is 0. The molecule has 18 heavy (non-hydrogen) atoms. The van der Waals surface area contributed by atoms with E-state index in [1.54, 1.807) is 12.4 Å². The van der Waals surface area contributed by atoms with Crippen LogP contribution in [0.2, 0.25) is 0 Å². The molecule has 0 aliphatic rings. The van der Waals surface area contributed by atoms with E-state index in [1.165, 1.54) is 24.8 Å². The Kier molecular flexibility index (Phi) is 4.77. The minimum absolute atomic E-state index is 0.781. The molecule has 0 atom stereocenters. The smallest absolute Gasteiger partial charge is 0.145 e. The van der Waals surface area contributed by atoms with Crippen molar-refractivity contribution in [3.63, 3.8) is 0 Å². The standard InChI is InChI=1S/C16H19NO/c1-2-3-4-7-14-8-5-9-15(12-14)18-16-10-6-11-17-13-16/h5-6,8-13H,2-4,7H2,1H3. The number of unbranched alkanes of at least 4 members (excludes halogenated alkanes) is 2. The second kappa shape index (κ2) is 6.80. The summed E-state index contributed by atoms with van der Waals surface area (Å²) in [7, 11) is 0. The number of aryl methyl sites for hydroxylation is 1. The molecule has 1 heterocycles. The first-order chi connectivity index (χ1) is 8.88. The molecule has 2 heteroatoms. The maximum Gasteiger partial charge on any atom is 0.145 e. The van der Waals surface area contributed by atoms with E-state index in [4.69, 9.17) is 4.74 Å². The lowest BCUT2D eigenvalue weighted by Crippen LogP contribution is -1.88. The quantitative estimate of drug-likeness (QED) is 0.689. The molecule has 0 aliphatic heterocycles. The Labute approximate surface area is 109 Å². The highest BCUT2D eigenvalue weighted by Gasteiger charge is 1.99. The van der Waals surface area contributed by atoms with E-state index in [2.05, 4.69) is 24.0 Å². The lowest BCUT2D eigenvalue weighted by molar-refractivity contribution is 0.479. The van der Waals surface area contributed by atoms with Gasteiger partial charge < -0.3 is 4.74 Å². The Morgan fingerprint density at radius 2 is 1.94 bits per heavy atom. The van der Waals surface area contributed by atoms with Crippen LogP contribution in [0.1, 0.15) is 31.7 Å². The van der Waals surface area contributed by atoms with Crippen molar-refractivity contribution in [2.75, 3.05) is 0 Å². The van der Waals surface area contributed by atoms with E-state index >= 15 is 0 Å². The molecule has 0 spiro atoms. The van der Waals surface area contributed by atoms with Gasteiger partial charge in [-0.2, -0.15) is 0 Å². The molecule has 2 aromatic rings. The predicted molar refractivity (Wildman–Crippen MR) is 74.0 cm³/mol. The first-order valence-corrected chi connectivity index (χ1v) is 6.55. The Morgan fingerprint density at radius 3 is 2.72 bits per heavy atom. The molecule has 2 rings (SSSR count). The minimum atomic E-state index is 0.781. The van der Waals surface area contributed by atoms with Crippen molar-refractivity contribution in [3.05, 3.63) is 54.4 Å². The molecular formula is C16H19NO. The number of nitrogens with zero attached hydrogens (tertiary/aromatic N) is 1. The van der Waals surface area contributed by atoms with E-state index in [0.717, 1.165) is 17.9 Å². The van der Waals surface area contributed by atoms with Gasteiger partial charge in [0.05, 0.1) is 6.20 Å². The molecular weight excluding hydrogens is 222 g/mol. The number of benzene rings is 1. The van der Waals surface area contributed by atoms with E-state index in [9.17, 15) is 0 Å². The molecule has 0 unspecified atom stereocenters. The van der Waals surface area contributed by atoms with E-state index in [1.807, 2.05) is 24.3 Å². The van der Waals surface area contributed by atoms with Crippen LogP contribution in [-0.2, 0) is 6.42 Å². The van der Waals surface area contributed by atoms with Gasteiger partial charge >= 0.3 is 0 Å². The van der Waals surface area contributed by atoms with Crippen LogP contribution in [0.15, 0.2) is 48.8 Å². The topological polar surface area (TPSA) is 22.1 Å². The van der Waals surface area contributed by atoms with Crippen LogP contribution in [0.3, 0.4) is 0 Å². The van der Waals surface area contributed by atoms with Crippen LogP contribution < -0.4 is 4.74 Å². The molecule has 0 N–H and O–H groups in total. The molecule has 0 radical (unpaired) electrons. The van der Waals surface area contributed by atoms with Gasteiger partial charge in [-0.25, -0.2) is 0 Å². The van der Waals surface area contributed by atoms with Crippen LogP contribution in [0.5, 0.6) is 11.5 Å². The maximum absolute atomic E-state index is 5.76. The van der Waals surface area contributed by atoms with Gasteiger partial charge in [-0.05, 0) is 42.7 Å². The lowest BCUT2D eigenvalue weighted by Gasteiger charge is -2.07. The van der Waals surface area contributed by atoms with Gasteiger partial charge in [-0.3, -0.25) is 4.98 Å². The molecule has 0 fully saturated rings. The summed E-state index contributed by atoms with van der Waals surface area (Å²) < 4.78 is 5.76. The molecule has 0 bridgehead atoms. The number of aromatic nitrogens is 1. The second-order valence-electron chi connectivity index (χ2n) is 4.40. The fraction of sp³-hybridized carbons (Fsp3) is 0.312. The van der Waals surface area contributed by atoms with Crippen molar-refractivity contribution in [3.8, 4) is 11.5 Å². The molecule has 0 saturated carbocycles. The highest BCUT2D eigenvalue weighted by Crippen LogP contribution is 2.21. The van der Waals surface area contributed by atoms with Crippen molar-refractivity contribution < 1.29 is 4.74 Å². The van der Waals surface area contributed by atoms with E-state index < -0.39 is 0 Å². The summed E-state index contributed by atoms with van der Waals surface area (Å²) in [6, 6.07) is 12.1. The zero-order chi connectivity index (χ0) is 12.6. The van der Waals surface area contributed by atoms with Gasteiger partial charge in [0.15, 0.2) is 0 Å². The van der Waals surface area contributed by atoms with Crippen LogP contribution in [-0.4, -0.2) is 4.98 Å².